The van der Waals surface area contributed by atoms with Gasteiger partial charge in [-0.3, -0.25) is 4.40 Å². The largest absolute Gasteiger partial charge is 0.463 e. The normalized spacial score (nSPS) is 11.3. The Morgan fingerprint density at radius 3 is 2.46 bits per heavy atom. The molecule has 0 saturated carbocycles. The molecule has 0 aliphatic rings. The maximum atomic E-state index is 5.61. The van der Waals surface area contributed by atoms with Crippen LogP contribution in [-0.2, 0) is 0 Å². The second-order valence-electron chi connectivity index (χ2n) is 5.13. The molecule has 0 unspecified atom stereocenters. The topological polar surface area (TPSA) is 69.4 Å². The van der Waals surface area contributed by atoms with Crippen LogP contribution in [0.3, 0.4) is 0 Å². The lowest BCUT2D eigenvalue weighted by atomic mass is 10.2. The van der Waals surface area contributed by atoms with Gasteiger partial charge in [-0.05, 0) is 35.7 Å². The molecule has 0 radical (unpaired) electrons. The summed E-state index contributed by atoms with van der Waals surface area (Å²) in [5.41, 5.74) is 2.22. The molecular weight excluding hydrogens is 324 g/mol. The number of hydrogen-bond acceptors (Lipinski definition) is 6. The summed E-state index contributed by atoms with van der Waals surface area (Å²) in [6.45, 7) is 0. The van der Waals surface area contributed by atoms with Gasteiger partial charge in [0.2, 0.25) is 0 Å². The summed E-state index contributed by atoms with van der Waals surface area (Å²) in [5, 5.41) is 10.6. The second-order valence-corrected chi connectivity index (χ2v) is 6.07. The maximum absolute atomic E-state index is 5.61. The van der Waals surface area contributed by atoms with E-state index in [2.05, 4.69) is 15.2 Å². The molecule has 0 bridgehead atoms. The van der Waals surface area contributed by atoms with Crippen molar-refractivity contribution >= 4 is 17.1 Å². The fourth-order valence-electron chi connectivity index (χ4n) is 2.63. The number of rotatable bonds is 3. The third-order valence-electron chi connectivity index (χ3n) is 3.67. The number of hydrogen-bond donors (Lipinski definition) is 0. The predicted molar refractivity (Wildman–Crippen MR) is 89.5 cm³/mol. The van der Waals surface area contributed by atoms with E-state index < -0.39 is 0 Å². The molecule has 6 nitrogen and oxygen atoms in total. The minimum atomic E-state index is 0.514. The molecule has 0 aliphatic heterocycles. The standard InChI is InChI=1S/C17H10N4O2S/c1-4-12(22-7-1)15-16(13-5-2-8-23-13)21-10-11(14-6-3-9-24-14)18-17(21)20-19-15/h1-10H. The molecule has 0 amide bonds. The molecule has 116 valence electrons. The van der Waals surface area contributed by atoms with Crippen molar-refractivity contribution in [3.05, 3.63) is 60.5 Å². The second kappa shape index (κ2) is 5.17. The van der Waals surface area contributed by atoms with Crippen molar-refractivity contribution in [3.63, 3.8) is 0 Å². The molecule has 0 aliphatic carbocycles. The molecule has 5 rings (SSSR count). The Bertz CT molecular complexity index is 1090. The molecule has 5 heterocycles. The summed E-state index contributed by atoms with van der Waals surface area (Å²) in [7, 11) is 0. The third-order valence-corrected chi connectivity index (χ3v) is 4.57. The monoisotopic (exact) mass is 334 g/mol. The van der Waals surface area contributed by atoms with Gasteiger partial charge < -0.3 is 8.83 Å². The molecule has 5 aromatic heterocycles. The van der Waals surface area contributed by atoms with Crippen LogP contribution in [0.4, 0.5) is 0 Å². The average molecular weight is 334 g/mol. The van der Waals surface area contributed by atoms with Crippen LogP contribution < -0.4 is 0 Å². The highest BCUT2D eigenvalue weighted by Crippen LogP contribution is 2.32. The molecule has 0 N–H and O–H groups in total. The minimum Gasteiger partial charge on any atom is -0.463 e. The highest BCUT2D eigenvalue weighted by molar-refractivity contribution is 7.13. The fourth-order valence-corrected chi connectivity index (χ4v) is 3.31. The van der Waals surface area contributed by atoms with Gasteiger partial charge in [0.25, 0.3) is 5.78 Å². The first-order valence-electron chi connectivity index (χ1n) is 7.27. The summed E-state index contributed by atoms with van der Waals surface area (Å²) >= 11 is 1.63. The summed E-state index contributed by atoms with van der Waals surface area (Å²) in [6.07, 6.45) is 5.18. The summed E-state index contributed by atoms with van der Waals surface area (Å²) in [6, 6.07) is 11.4. The van der Waals surface area contributed by atoms with Gasteiger partial charge in [-0.2, -0.15) is 0 Å². The SMILES string of the molecule is c1coc(-c2nnc3nc(-c4cccs4)cn3c2-c2ccco2)c1. The lowest BCUT2D eigenvalue weighted by Crippen LogP contribution is -2.00. The van der Waals surface area contributed by atoms with Gasteiger partial charge >= 0.3 is 0 Å². The van der Waals surface area contributed by atoms with Gasteiger partial charge in [0.15, 0.2) is 17.2 Å². The Morgan fingerprint density at radius 1 is 0.917 bits per heavy atom. The number of furan rings is 2. The first kappa shape index (κ1) is 13.3. The first-order valence-corrected chi connectivity index (χ1v) is 8.15. The van der Waals surface area contributed by atoms with Crippen molar-refractivity contribution in [3.8, 4) is 33.5 Å². The van der Waals surface area contributed by atoms with Crippen molar-refractivity contribution in [2.45, 2.75) is 0 Å². The molecule has 0 spiro atoms. The van der Waals surface area contributed by atoms with Crippen molar-refractivity contribution in [2.75, 3.05) is 0 Å². The van der Waals surface area contributed by atoms with Gasteiger partial charge in [-0.1, -0.05) is 6.07 Å². The maximum Gasteiger partial charge on any atom is 0.254 e. The van der Waals surface area contributed by atoms with E-state index in [4.69, 9.17) is 8.83 Å². The van der Waals surface area contributed by atoms with Crippen LogP contribution >= 0.6 is 11.3 Å². The predicted octanol–water partition coefficient (Wildman–Crippen LogP) is 4.37. The van der Waals surface area contributed by atoms with Gasteiger partial charge in [0.1, 0.15) is 11.4 Å². The fraction of sp³-hybridized carbons (Fsp3) is 0. The van der Waals surface area contributed by atoms with Crippen LogP contribution in [0.5, 0.6) is 0 Å². The molecule has 0 atom stereocenters. The van der Waals surface area contributed by atoms with Crippen molar-refractivity contribution in [1.82, 2.24) is 19.6 Å². The van der Waals surface area contributed by atoms with E-state index in [1.807, 2.05) is 52.4 Å². The van der Waals surface area contributed by atoms with Crippen LogP contribution in [0.1, 0.15) is 0 Å². The van der Waals surface area contributed by atoms with Crippen LogP contribution in [0, 0.1) is 0 Å². The summed E-state index contributed by atoms with van der Waals surface area (Å²) in [5.74, 6) is 1.82. The average Bonchev–Trinajstić information content (AvgIpc) is 3.42. The van der Waals surface area contributed by atoms with E-state index in [-0.39, 0.29) is 0 Å². The lowest BCUT2D eigenvalue weighted by Gasteiger charge is -2.05. The molecule has 5 aromatic rings. The quantitative estimate of drug-likeness (QED) is 0.490. The van der Waals surface area contributed by atoms with E-state index in [1.165, 1.54) is 0 Å². The van der Waals surface area contributed by atoms with Crippen LogP contribution in [0.2, 0.25) is 0 Å². The highest BCUT2D eigenvalue weighted by Gasteiger charge is 2.20. The Hall–Kier alpha value is -3.19. The van der Waals surface area contributed by atoms with E-state index in [1.54, 1.807) is 23.9 Å². The number of imidazole rings is 1. The van der Waals surface area contributed by atoms with Crippen LogP contribution in [-0.4, -0.2) is 19.6 Å². The smallest absolute Gasteiger partial charge is 0.254 e. The van der Waals surface area contributed by atoms with Gasteiger partial charge in [0, 0.05) is 6.20 Å². The van der Waals surface area contributed by atoms with E-state index >= 15 is 0 Å². The Kier molecular flexibility index (Phi) is 2.86. The van der Waals surface area contributed by atoms with Crippen molar-refractivity contribution in [1.29, 1.82) is 0 Å². The zero-order chi connectivity index (χ0) is 15.9. The molecule has 0 aromatic carbocycles. The molecule has 0 saturated heterocycles. The number of aromatic nitrogens is 4. The Morgan fingerprint density at radius 2 is 1.75 bits per heavy atom. The summed E-state index contributed by atoms with van der Waals surface area (Å²) < 4.78 is 13.0. The Balaban J connectivity index is 1.83. The van der Waals surface area contributed by atoms with Crippen molar-refractivity contribution in [2.24, 2.45) is 0 Å². The Labute approximate surface area is 140 Å². The number of nitrogens with zero attached hydrogens (tertiary/aromatic N) is 4. The van der Waals surface area contributed by atoms with Gasteiger partial charge in [-0.25, -0.2) is 4.98 Å². The van der Waals surface area contributed by atoms with Gasteiger partial charge in [0.05, 0.1) is 17.4 Å². The zero-order valence-corrected chi connectivity index (χ0v) is 13.1. The molecule has 24 heavy (non-hydrogen) atoms. The summed E-state index contributed by atoms with van der Waals surface area (Å²) in [4.78, 5) is 5.65. The molecule has 7 heteroatoms. The van der Waals surface area contributed by atoms with Crippen LogP contribution in [0.15, 0.2) is 69.3 Å². The number of thiophene rings is 1. The minimum absolute atomic E-state index is 0.514. The third kappa shape index (κ3) is 1.99. The highest BCUT2D eigenvalue weighted by atomic mass is 32.1. The van der Waals surface area contributed by atoms with Crippen molar-refractivity contribution < 1.29 is 8.83 Å². The van der Waals surface area contributed by atoms with Crippen LogP contribution in [0.25, 0.3) is 39.3 Å². The van der Waals surface area contributed by atoms with E-state index in [0.717, 1.165) is 16.3 Å². The van der Waals surface area contributed by atoms with Gasteiger partial charge in [-0.15, -0.1) is 21.5 Å². The zero-order valence-electron chi connectivity index (χ0n) is 12.3. The van der Waals surface area contributed by atoms with E-state index in [9.17, 15) is 0 Å². The first-order chi connectivity index (χ1) is 11.9. The number of fused-ring (bicyclic) bond motifs is 1. The molecular formula is C17H10N4O2S. The van der Waals surface area contributed by atoms with E-state index in [0.29, 0.717) is 23.0 Å². The lowest BCUT2D eigenvalue weighted by molar-refractivity contribution is 0.569. The molecule has 0 fully saturated rings.